The first kappa shape index (κ1) is 56.7. The van der Waals surface area contributed by atoms with Gasteiger partial charge in [-0.05, 0) is 0 Å². The second-order valence-corrected chi connectivity index (χ2v) is 2.39. The number of carboxylic acids is 2. The molecular weight excluding hydrogens is 360 g/mol. The molecule has 0 bridgehead atoms. The minimum Gasteiger partial charge on any atom is -0.478 e. The summed E-state index contributed by atoms with van der Waals surface area (Å²) < 4.78 is 8.42. The number of aliphatic carboxylic acids is 2. The summed E-state index contributed by atoms with van der Waals surface area (Å²) in [5.74, 6) is -3.67. The van der Waals surface area contributed by atoms with Crippen LogP contribution in [0.5, 0.6) is 0 Å². The molecule has 12 heteroatoms. The lowest BCUT2D eigenvalue weighted by Crippen LogP contribution is -1.98. The highest BCUT2D eigenvalue weighted by Gasteiger charge is 1.94. The van der Waals surface area contributed by atoms with Crippen molar-refractivity contribution in [2.45, 2.75) is 22.3 Å². The SMILES string of the molecule is C.C.C.CO.COC(=O)/C=C/C(=O)OC.O.O.O.O=C(O)/C=C/C(=O)O. The minimum atomic E-state index is -1.26. The van der Waals surface area contributed by atoms with E-state index in [9.17, 15) is 19.2 Å². The quantitative estimate of drug-likeness (QED) is 0.376. The third-order valence-electron chi connectivity index (χ3n) is 1.13. The van der Waals surface area contributed by atoms with Gasteiger partial charge in [-0.1, -0.05) is 22.3 Å². The van der Waals surface area contributed by atoms with Gasteiger partial charge in [-0.3, -0.25) is 0 Å². The van der Waals surface area contributed by atoms with Gasteiger partial charge in [0.15, 0.2) is 0 Å². The van der Waals surface area contributed by atoms with Gasteiger partial charge in [-0.25, -0.2) is 19.2 Å². The zero-order valence-corrected chi connectivity index (χ0v) is 12.6. The van der Waals surface area contributed by atoms with Gasteiger partial charge in [0, 0.05) is 31.4 Å². The Hall–Kier alpha value is -2.80. The highest BCUT2D eigenvalue weighted by molar-refractivity contribution is 5.91. The molecule has 0 rings (SSSR count). The Balaban J connectivity index is -0.0000000241. The normalized spacial score (nSPS) is 6.77. The number of aliphatic hydroxyl groups is 1. The number of methoxy groups -OCH3 is 2. The van der Waals surface area contributed by atoms with Crippen LogP contribution in [0.3, 0.4) is 0 Å². The van der Waals surface area contributed by atoms with Crippen molar-refractivity contribution in [3.05, 3.63) is 24.3 Å². The van der Waals surface area contributed by atoms with Crippen LogP contribution in [0.25, 0.3) is 0 Å². The Labute approximate surface area is 153 Å². The number of esters is 2. The van der Waals surface area contributed by atoms with Crippen molar-refractivity contribution in [1.82, 2.24) is 0 Å². The third-order valence-corrected chi connectivity index (χ3v) is 1.13. The Morgan fingerprint density at radius 2 is 0.808 bits per heavy atom. The van der Waals surface area contributed by atoms with Gasteiger partial charge < -0.3 is 41.2 Å². The van der Waals surface area contributed by atoms with Gasteiger partial charge in [0.2, 0.25) is 0 Å². The van der Waals surface area contributed by atoms with Gasteiger partial charge in [0.1, 0.15) is 0 Å². The van der Waals surface area contributed by atoms with Crippen LogP contribution < -0.4 is 0 Å². The van der Waals surface area contributed by atoms with Crippen LogP contribution in [0, 0.1) is 0 Å². The maximum Gasteiger partial charge on any atom is 0.330 e. The summed E-state index contributed by atoms with van der Waals surface area (Å²) in [5.41, 5.74) is 0. The van der Waals surface area contributed by atoms with Crippen molar-refractivity contribution in [2.75, 3.05) is 21.3 Å². The Morgan fingerprint density at radius 3 is 0.923 bits per heavy atom. The molecule has 0 saturated heterocycles. The van der Waals surface area contributed by atoms with Crippen molar-refractivity contribution in [3.8, 4) is 0 Å². The highest BCUT2D eigenvalue weighted by atomic mass is 16.5. The van der Waals surface area contributed by atoms with E-state index < -0.39 is 23.9 Å². The number of rotatable bonds is 4. The molecule has 0 aliphatic heterocycles. The molecule has 0 saturated carbocycles. The maximum atomic E-state index is 10.3. The van der Waals surface area contributed by atoms with Gasteiger partial charge in [-0.15, -0.1) is 0 Å². The lowest BCUT2D eigenvalue weighted by molar-refractivity contribution is -0.137. The summed E-state index contributed by atoms with van der Waals surface area (Å²) in [6.07, 6.45) is 3.10. The van der Waals surface area contributed by atoms with Crippen molar-refractivity contribution < 1.29 is 60.4 Å². The number of hydrogen-bond donors (Lipinski definition) is 3. The molecule has 0 aromatic carbocycles. The molecule has 0 fully saturated rings. The number of carboxylic acid groups (broad SMARTS) is 2. The molecule has 12 nitrogen and oxygen atoms in total. The molecule has 162 valence electrons. The molecular formula is C14H34O12. The van der Waals surface area contributed by atoms with Crippen LogP contribution in [-0.2, 0) is 28.7 Å². The van der Waals surface area contributed by atoms with E-state index >= 15 is 0 Å². The first-order valence-electron chi connectivity index (χ1n) is 4.76. The first-order chi connectivity index (χ1) is 9.33. The summed E-state index contributed by atoms with van der Waals surface area (Å²) in [6.45, 7) is 0. The van der Waals surface area contributed by atoms with E-state index in [2.05, 4.69) is 9.47 Å². The van der Waals surface area contributed by atoms with Crippen molar-refractivity contribution >= 4 is 23.9 Å². The Morgan fingerprint density at radius 1 is 0.615 bits per heavy atom. The average Bonchev–Trinajstić information content (AvgIpc) is 2.44. The summed E-state index contributed by atoms with van der Waals surface area (Å²) in [7, 11) is 3.45. The number of carbonyl (C=O) groups is 4. The molecule has 0 amide bonds. The zero-order valence-electron chi connectivity index (χ0n) is 12.6. The van der Waals surface area contributed by atoms with Crippen molar-refractivity contribution in [1.29, 1.82) is 0 Å². The van der Waals surface area contributed by atoms with E-state index in [1.165, 1.54) is 14.2 Å². The summed E-state index contributed by atoms with van der Waals surface area (Å²) >= 11 is 0. The van der Waals surface area contributed by atoms with E-state index in [4.69, 9.17) is 15.3 Å². The van der Waals surface area contributed by atoms with Crippen LogP contribution in [0.2, 0.25) is 0 Å². The van der Waals surface area contributed by atoms with E-state index in [0.717, 1.165) is 19.3 Å². The van der Waals surface area contributed by atoms with Crippen LogP contribution >= 0.6 is 0 Å². The predicted octanol–water partition coefficient (Wildman–Crippen LogP) is -1.36. The second kappa shape index (κ2) is 43.2. The topological polar surface area (TPSA) is 242 Å². The molecule has 0 atom stereocenters. The fourth-order valence-electron chi connectivity index (χ4n) is 0.415. The lowest BCUT2D eigenvalue weighted by Gasteiger charge is -1.89. The molecule has 0 spiro atoms. The van der Waals surface area contributed by atoms with Gasteiger partial charge in [0.05, 0.1) is 14.2 Å². The molecule has 0 aliphatic rings. The van der Waals surface area contributed by atoms with Gasteiger partial charge >= 0.3 is 23.9 Å². The van der Waals surface area contributed by atoms with E-state index in [1.54, 1.807) is 0 Å². The third kappa shape index (κ3) is 69.0. The molecule has 0 unspecified atom stereocenters. The molecule has 26 heavy (non-hydrogen) atoms. The van der Waals surface area contributed by atoms with Gasteiger partial charge in [0.25, 0.3) is 0 Å². The highest BCUT2D eigenvalue weighted by Crippen LogP contribution is 1.80. The van der Waals surface area contributed by atoms with E-state index in [1.807, 2.05) is 0 Å². The number of ether oxygens (including phenoxy) is 2. The predicted molar refractivity (Wildman–Crippen MR) is 96.8 cm³/mol. The molecule has 0 aromatic heterocycles. The number of hydrogen-bond acceptors (Lipinski definition) is 7. The monoisotopic (exact) mass is 394 g/mol. The smallest absolute Gasteiger partial charge is 0.330 e. The van der Waals surface area contributed by atoms with Crippen LogP contribution in [0.15, 0.2) is 24.3 Å². The summed E-state index contributed by atoms with van der Waals surface area (Å²) in [6, 6.07) is 0. The fraction of sp³-hybridized carbons (Fsp3) is 0.429. The Kier molecular flexibility index (Phi) is 94.2. The molecule has 0 heterocycles. The number of carbonyl (C=O) groups excluding carboxylic acids is 2. The molecule has 0 radical (unpaired) electrons. The Bertz CT molecular complexity index is 340. The van der Waals surface area contributed by atoms with Gasteiger partial charge in [-0.2, -0.15) is 0 Å². The maximum absolute atomic E-state index is 10.3. The lowest BCUT2D eigenvalue weighted by atomic mass is 10.5. The van der Waals surface area contributed by atoms with E-state index in [0.29, 0.717) is 12.2 Å². The molecule has 9 N–H and O–H groups in total. The van der Waals surface area contributed by atoms with Crippen LogP contribution in [-0.4, -0.2) is 77.0 Å². The minimum absolute atomic E-state index is 0. The summed E-state index contributed by atoms with van der Waals surface area (Å²) in [5, 5.41) is 22.6. The number of aliphatic hydroxyl groups excluding tert-OH is 1. The largest absolute Gasteiger partial charge is 0.478 e. The van der Waals surface area contributed by atoms with E-state index in [-0.39, 0.29) is 38.7 Å². The standard InChI is InChI=1S/C6H8O4.C4H4O4.CH4O.3CH4.3H2O/c1-9-5(7)3-4-6(8)10-2;5-3(6)1-2-4(7)8;1-2;;;;;;/h3-4H,1-2H3;1-2H,(H,5,6)(H,7,8);2H,1H3;3*1H4;3*1H2/b4-3+;2-1+;;;;;;;. The average molecular weight is 394 g/mol. The summed E-state index contributed by atoms with van der Waals surface area (Å²) in [4.78, 5) is 39.7. The zero-order chi connectivity index (χ0) is 16.6. The second-order valence-electron chi connectivity index (χ2n) is 2.39. The van der Waals surface area contributed by atoms with Crippen LogP contribution in [0.1, 0.15) is 22.3 Å². The molecule has 0 aromatic rings. The fourth-order valence-corrected chi connectivity index (χ4v) is 0.415. The van der Waals surface area contributed by atoms with Crippen molar-refractivity contribution in [2.24, 2.45) is 0 Å². The van der Waals surface area contributed by atoms with Crippen molar-refractivity contribution in [3.63, 3.8) is 0 Å². The molecule has 0 aliphatic carbocycles. The first-order valence-corrected chi connectivity index (χ1v) is 4.76. The van der Waals surface area contributed by atoms with Crippen LogP contribution in [0.4, 0.5) is 0 Å².